The number of nitrogens with one attached hydrogen (secondary N) is 1. The average Bonchev–Trinajstić information content (AvgIpc) is 2.66. The quantitative estimate of drug-likeness (QED) is 0.775. The summed E-state index contributed by atoms with van der Waals surface area (Å²) in [6, 6.07) is 1.86. The smallest absolute Gasteiger partial charge is 0.233 e. The monoisotopic (exact) mass is 266 g/mol. The summed E-state index contributed by atoms with van der Waals surface area (Å²) in [4.78, 5) is 12.5. The molecule has 1 heterocycles. The summed E-state index contributed by atoms with van der Waals surface area (Å²) < 4.78 is 1.79. The van der Waals surface area contributed by atoms with Crippen LogP contribution >= 0.6 is 12.2 Å². The van der Waals surface area contributed by atoms with Gasteiger partial charge in [-0.3, -0.25) is 9.48 Å². The molecule has 0 spiro atoms. The molecule has 1 atom stereocenters. The van der Waals surface area contributed by atoms with E-state index in [-0.39, 0.29) is 11.9 Å². The Kier molecular flexibility index (Phi) is 3.65. The highest BCUT2D eigenvalue weighted by atomic mass is 32.1. The third-order valence-corrected chi connectivity index (χ3v) is 3.90. The molecule has 5 nitrogen and oxygen atoms in total. The Balaban J connectivity index is 1.92. The summed E-state index contributed by atoms with van der Waals surface area (Å²) in [5.74, 6) is -0.0408. The van der Waals surface area contributed by atoms with Crippen LogP contribution in [0.3, 0.4) is 0 Å². The first-order valence-electron chi connectivity index (χ1n) is 6.13. The molecule has 1 amide bonds. The van der Waals surface area contributed by atoms with Crippen molar-refractivity contribution in [3.63, 3.8) is 0 Å². The molecular weight excluding hydrogens is 248 g/mol. The van der Waals surface area contributed by atoms with Crippen molar-refractivity contribution in [3.05, 3.63) is 18.5 Å². The van der Waals surface area contributed by atoms with E-state index in [1.165, 1.54) is 0 Å². The van der Waals surface area contributed by atoms with Crippen molar-refractivity contribution in [3.8, 4) is 0 Å². The highest BCUT2D eigenvalue weighted by Crippen LogP contribution is 2.41. The van der Waals surface area contributed by atoms with Crippen molar-refractivity contribution >= 4 is 23.1 Å². The van der Waals surface area contributed by atoms with Crippen molar-refractivity contribution in [2.45, 2.75) is 38.8 Å². The third-order valence-electron chi connectivity index (χ3n) is 3.51. The largest absolute Gasteiger partial charge is 0.392 e. The first kappa shape index (κ1) is 13.0. The highest BCUT2D eigenvalue weighted by molar-refractivity contribution is 7.80. The van der Waals surface area contributed by atoms with Gasteiger partial charge in [-0.1, -0.05) is 18.6 Å². The first-order valence-corrected chi connectivity index (χ1v) is 6.54. The minimum atomic E-state index is -0.603. The van der Waals surface area contributed by atoms with Gasteiger partial charge in [-0.2, -0.15) is 5.10 Å². The van der Waals surface area contributed by atoms with Gasteiger partial charge in [0.25, 0.3) is 0 Å². The van der Waals surface area contributed by atoms with E-state index in [0.29, 0.717) is 11.5 Å². The molecule has 2 rings (SSSR count). The van der Waals surface area contributed by atoms with E-state index < -0.39 is 5.41 Å². The van der Waals surface area contributed by atoms with E-state index in [9.17, 15) is 4.79 Å². The van der Waals surface area contributed by atoms with Crippen LogP contribution < -0.4 is 11.1 Å². The normalized spacial score (nSPS) is 18.7. The Morgan fingerprint density at radius 1 is 1.67 bits per heavy atom. The summed E-state index contributed by atoms with van der Waals surface area (Å²) in [6.07, 6.45) is 6.13. The number of hydrogen-bond donors (Lipinski definition) is 2. The number of nitrogens with two attached hydrogens (primary N) is 1. The van der Waals surface area contributed by atoms with E-state index in [2.05, 4.69) is 10.4 Å². The fourth-order valence-electron chi connectivity index (χ4n) is 2.21. The van der Waals surface area contributed by atoms with Gasteiger partial charge in [-0.25, -0.2) is 0 Å². The molecule has 18 heavy (non-hydrogen) atoms. The number of thiocarbonyl (C=S) groups is 1. The lowest BCUT2D eigenvalue weighted by molar-refractivity contribution is -0.131. The summed E-state index contributed by atoms with van der Waals surface area (Å²) in [5.41, 5.74) is 5.09. The van der Waals surface area contributed by atoms with Gasteiger partial charge in [0.2, 0.25) is 5.91 Å². The topological polar surface area (TPSA) is 72.9 Å². The molecule has 1 aromatic heterocycles. The lowest BCUT2D eigenvalue weighted by Crippen LogP contribution is -2.55. The van der Waals surface area contributed by atoms with Crippen LogP contribution in [0.15, 0.2) is 18.5 Å². The maximum atomic E-state index is 12.2. The molecule has 1 aliphatic rings. The van der Waals surface area contributed by atoms with Crippen molar-refractivity contribution in [2.24, 2.45) is 11.1 Å². The Labute approximate surface area is 112 Å². The van der Waals surface area contributed by atoms with Crippen LogP contribution in [-0.2, 0) is 11.3 Å². The molecule has 1 unspecified atom stereocenters. The van der Waals surface area contributed by atoms with Gasteiger partial charge >= 0.3 is 0 Å². The molecule has 6 heteroatoms. The summed E-state index contributed by atoms with van der Waals surface area (Å²) >= 11 is 5.03. The number of hydrogen-bond acceptors (Lipinski definition) is 3. The zero-order valence-corrected chi connectivity index (χ0v) is 11.2. The molecule has 1 aliphatic carbocycles. The van der Waals surface area contributed by atoms with Crippen molar-refractivity contribution in [1.29, 1.82) is 0 Å². The van der Waals surface area contributed by atoms with Gasteiger partial charge in [-0.15, -0.1) is 0 Å². The summed E-state index contributed by atoms with van der Waals surface area (Å²) in [6.45, 7) is 2.59. The van der Waals surface area contributed by atoms with E-state index >= 15 is 0 Å². The van der Waals surface area contributed by atoms with E-state index in [4.69, 9.17) is 18.0 Å². The van der Waals surface area contributed by atoms with Crippen LogP contribution in [0.2, 0.25) is 0 Å². The van der Waals surface area contributed by atoms with Crippen LogP contribution in [-0.4, -0.2) is 26.7 Å². The molecule has 0 aromatic carbocycles. The first-order chi connectivity index (χ1) is 8.54. The predicted octanol–water partition coefficient (Wildman–Crippen LogP) is 0.844. The number of aromatic nitrogens is 2. The Morgan fingerprint density at radius 3 is 2.83 bits per heavy atom. The van der Waals surface area contributed by atoms with Gasteiger partial charge in [0.15, 0.2) is 0 Å². The number of amides is 1. The van der Waals surface area contributed by atoms with Gasteiger partial charge < -0.3 is 11.1 Å². The van der Waals surface area contributed by atoms with Crippen LogP contribution in [0.4, 0.5) is 0 Å². The van der Waals surface area contributed by atoms with Crippen molar-refractivity contribution in [2.75, 3.05) is 0 Å². The minimum absolute atomic E-state index is 0.00391. The standard InChI is InChI=1S/C12H18N4OS/c1-9(8-16-7-3-6-14-16)15-11(17)12(10(13)18)4-2-5-12/h3,6-7,9H,2,4-5,8H2,1H3,(H2,13,18)(H,15,17). The Hall–Kier alpha value is -1.43. The lowest BCUT2D eigenvalue weighted by atomic mass is 9.68. The minimum Gasteiger partial charge on any atom is -0.392 e. The number of carbonyl (C=O) groups excluding carboxylic acids is 1. The number of carbonyl (C=O) groups is 1. The third kappa shape index (κ3) is 2.38. The highest BCUT2D eigenvalue weighted by Gasteiger charge is 2.47. The maximum Gasteiger partial charge on any atom is 0.233 e. The second-order valence-corrected chi connectivity index (χ2v) is 5.34. The fraction of sp³-hybridized carbons (Fsp3) is 0.583. The molecule has 98 valence electrons. The zero-order valence-electron chi connectivity index (χ0n) is 10.4. The van der Waals surface area contributed by atoms with Crippen LogP contribution in [0.25, 0.3) is 0 Å². The van der Waals surface area contributed by atoms with Gasteiger partial charge in [-0.05, 0) is 25.8 Å². The van der Waals surface area contributed by atoms with E-state index in [0.717, 1.165) is 19.3 Å². The molecule has 0 radical (unpaired) electrons. The number of rotatable bonds is 5. The molecule has 1 aromatic rings. The average molecular weight is 266 g/mol. The van der Waals surface area contributed by atoms with Crippen molar-refractivity contribution in [1.82, 2.24) is 15.1 Å². The Morgan fingerprint density at radius 2 is 2.39 bits per heavy atom. The van der Waals surface area contributed by atoms with Gasteiger partial charge in [0.1, 0.15) is 0 Å². The van der Waals surface area contributed by atoms with Gasteiger partial charge in [0.05, 0.1) is 16.9 Å². The van der Waals surface area contributed by atoms with E-state index in [1.54, 1.807) is 10.9 Å². The predicted molar refractivity (Wildman–Crippen MR) is 72.9 cm³/mol. The van der Waals surface area contributed by atoms with Crippen molar-refractivity contribution < 1.29 is 4.79 Å². The summed E-state index contributed by atoms with van der Waals surface area (Å²) in [5, 5.41) is 7.08. The SMILES string of the molecule is CC(Cn1cccn1)NC(=O)C1(C(N)=S)CCC1. The van der Waals surface area contributed by atoms with Crippen LogP contribution in [0, 0.1) is 5.41 Å². The zero-order chi connectivity index (χ0) is 13.2. The Bertz CT molecular complexity index is 439. The molecular formula is C12H18N4OS. The van der Waals surface area contributed by atoms with Gasteiger partial charge in [0, 0.05) is 18.4 Å². The second-order valence-electron chi connectivity index (χ2n) is 4.90. The molecule has 0 saturated heterocycles. The molecule has 0 bridgehead atoms. The second kappa shape index (κ2) is 5.06. The molecule has 1 saturated carbocycles. The fourth-order valence-corrected chi connectivity index (χ4v) is 2.51. The maximum absolute atomic E-state index is 12.2. The van der Waals surface area contributed by atoms with Crippen LogP contribution in [0.1, 0.15) is 26.2 Å². The van der Waals surface area contributed by atoms with E-state index in [1.807, 2.05) is 19.2 Å². The molecule has 3 N–H and O–H groups in total. The molecule has 1 fully saturated rings. The number of nitrogens with zero attached hydrogens (tertiary/aromatic N) is 2. The lowest BCUT2D eigenvalue weighted by Gasteiger charge is -2.39. The summed E-state index contributed by atoms with van der Waals surface area (Å²) in [7, 11) is 0. The van der Waals surface area contributed by atoms with Crippen LogP contribution in [0.5, 0.6) is 0 Å². The molecule has 0 aliphatic heterocycles.